The van der Waals surface area contributed by atoms with Crippen LogP contribution >= 0.6 is 0 Å². The maximum Gasteiger partial charge on any atom is 0.487 e. The molecule has 0 aliphatic carbocycles. The number of aromatic hydroxyl groups is 1. The summed E-state index contributed by atoms with van der Waals surface area (Å²) in [5.41, 5.74) is -0.906. The molecule has 0 amide bonds. The Hall–Kier alpha value is -1.53. The molecule has 1 saturated heterocycles. The van der Waals surface area contributed by atoms with Gasteiger partial charge in [-0.3, -0.25) is 4.79 Å². The second-order valence-corrected chi connectivity index (χ2v) is 5.59. The first kappa shape index (κ1) is 13.9. The Labute approximate surface area is 112 Å². The maximum atomic E-state index is 11.3. The molecule has 0 spiro atoms. The van der Waals surface area contributed by atoms with Crippen molar-refractivity contribution in [1.82, 2.24) is 4.98 Å². The van der Waals surface area contributed by atoms with Crippen molar-refractivity contribution >= 4 is 13.2 Å². The van der Waals surface area contributed by atoms with Crippen molar-refractivity contribution in [3.05, 3.63) is 34.2 Å². The van der Waals surface area contributed by atoms with Crippen molar-refractivity contribution in [2.75, 3.05) is 0 Å². The molecule has 2 heterocycles. The number of hydrogen-bond donors (Lipinski definition) is 2. The summed E-state index contributed by atoms with van der Waals surface area (Å²) in [6.07, 6.45) is 3.06. The minimum atomic E-state index is -0.506. The minimum Gasteiger partial charge on any atom is -0.503 e. The van der Waals surface area contributed by atoms with Gasteiger partial charge in [0.25, 0.3) is 0 Å². The molecule has 0 atom stereocenters. The molecule has 1 aliphatic rings. The molecule has 1 aliphatic heterocycles. The highest BCUT2D eigenvalue weighted by Gasteiger charge is 2.50. The maximum absolute atomic E-state index is 11.3. The van der Waals surface area contributed by atoms with E-state index in [9.17, 15) is 9.90 Å². The van der Waals surface area contributed by atoms with E-state index in [0.717, 1.165) is 0 Å². The van der Waals surface area contributed by atoms with E-state index in [1.807, 2.05) is 27.7 Å². The highest BCUT2D eigenvalue weighted by Crippen LogP contribution is 2.37. The molecule has 19 heavy (non-hydrogen) atoms. The van der Waals surface area contributed by atoms with E-state index in [1.165, 1.54) is 12.3 Å². The predicted molar refractivity (Wildman–Crippen MR) is 73.8 cm³/mol. The average molecular weight is 263 g/mol. The first-order chi connectivity index (χ1) is 8.73. The van der Waals surface area contributed by atoms with Crippen molar-refractivity contribution in [1.29, 1.82) is 0 Å². The van der Waals surface area contributed by atoms with E-state index in [0.29, 0.717) is 5.69 Å². The number of rotatable bonds is 2. The van der Waals surface area contributed by atoms with Crippen LogP contribution in [-0.2, 0) is 9.31 Å². The summed E-state index contributed by atoms with van der Waals surface area (Å²) in [5.74, 6) is 1.36. The van der Waals surface area contributed by atoms with E-state index < -0.39 is 23.7 Å². The van der Waals surface area contributed by atoms with E-state index >= 15 is 0 Å². The van der Waals surface area contributed by atoms with Gasteiger partial charge in [0, 0.05) is 12.3 Å². The fourth-order valence-electron chi connectivity index (χ4n) is 1.76. The van der Waals surface area contributed by atoms with Crippen molar-refractivity contribution in [3.63, 3.8) is 0 Å². The van der Waals surface area contributed by atoms with Crippen LogP contribution in [0.4, 0.5) is 0 Å². The third kappa shape index (κ3) is 2.59. The van der Waals surface area contributed by atoms with Gasteiger partial charge in [-0.15, -0.1) is 0 Å². The van der Waals surface area contributed by atoms with Crippen molar-refractivity contribution in [3.8, 4) is 5.75 Å². The Morgan fingerprint density at radius 1 is 1.26 bits per heavy atom. The van der Waals surface area contributed by atoms with Crippen molar-refractivity contribution < 1.29 is 14.4 Å². The molecule has 0 unspecified atom stereocenters. The van der Waals surface area contributed by atoms with Gasteiger partial charge in [0.2, 0.25) is 5.43 Å². The van der Waals surface area contributed by atoms with Crippen molar-refractivity contribution in [2.24, 2.45) is 0 Å². The molecule has 1 fully saturated rings. The molecule has 1 aromatic heterocycles. The fourth-order valence-corrected chi connectivity index (χ4v) is 1.76. The first-order valence-electron chi connectivity index (χ1n) is 6.17. The molecule has 0 saturated carbocycles. The highest BCUT2D eigenvalue weighted by atomic mass is 16.7. The lowest BCUT2D eigenvalue weighted by atomic mass is 9.89. The predicted octanol–water partition coefficient (Wildman–Crippen LogP) is 1.73. The Morgan fingerprint density at radius 3 is 2.42 bits per heavy atom. The van der Waals surface area contributed by atoms with Crippen LogP contribution in [-0.4, -0.2) is 28.4 Å². The highest BCUT2D eigenvalue weighted by molar-refractivity contribution is 6.52. The summed E-state index contributed by atoms with van der Waals surface area (Å²) in [5, 5.41) is 9.60. The van der Waals surface area contributed by atoms with Gasteiger partial charge < -0.3 is 19.4 Å². The summed E-state index contributed by atoms with van der Waals surface area (Å²) >= 11 is 0. The quantitative estimate of drug-likeness (QED) is 0.797. The average Bonchev–Trinajstić information content (AvgIpc) is 2.50. The molecular weight excluding hydrogens is 245 g/mol. The van der Waals surface area contributed by atoms with E-state index in [1.54, 1.807) is 12.1 Å². The second-order valence-electron chi connectivity index (χ2n) is 5.59. The van der Waals surface area contributed by atoms with Crippen LogP contribution in [0.1, 0.15) is 33.4 Å². The molecule has 5 nitrogen and oxygen atoms in total. The molecule has 1 aromatic rings. The molecule has 2 N–H and O–H groups in total. The van der Waals surface area contributed by atoms with Crippen LogP contribution in [0, 0.1) is 0 Å². The van der Waals surface area contributed by atoms with Gasteiger partial charge in [-0.2, -0.15) is 0 Å². The molecule has 0 radical (unpaired) electrons. The van der Waals surface area contributed by atoms with Gasteiger partial charge in [-0.25, -0.2) is 0 Å². The third-order valence-electron chi connectivity index (χ3n) is 3.65. The zero-order valence-corrected chi connectivity index (χ0v) is 11.6. The normalized spacial score (nSPS) is 21.2. The van der Waals surface area contributed by atoms with Crippen LogP contribution in [0.3, 0.4) is 0 Å². The van der Waals surface area contributed by atoms with Gasteiger partial charge in [0.1, 0.15) is 0 Å². The van der Waals surface area contributed by atoms with Gasteiger partial charge in [0.15, 0.2) is 5.75 Å². The molecule has 2 rings (SSSR count). The van der Waals surface area contributed by atoms with E-state index in [2.05, 4.69) is 4.98 Å². The van der Waals surface area contributed by atoms with Crippen LogP contribution in [0.15, 0.2) is 23.0 Å². The summed E-state index contributed by atoms with van der Waals surface area (Å²) < 4.78 is 11.5. The number of nitrogens with one attached hydrogen (secondary N) is 1. The summed E-state index contributed by atoms with van der Waals surface area (Å²) in [6, 6.07) is 1.27. The molecule has 0 bridgehead atoms. The summed E-state index contributed by atoms with van der Waals surface area (Å²) in [4.78, 5) is 14.1. The summed E-state index contributed by atoms with van der Waals surface area (Å²) in [7, 11) is -0.506. The Balaban J connectivity index is 2.17. The zero-order chi connectivity index (χ0) is 14.3. The Kier molecular flexibility index (Phi) is 3.32. The second kappa shape index (κ2) is 4.54. The zero-order valence-electron chi connectivity index (χ0n) is 11.6. The fraction of sp³-hybridized carbons (Fsp3) is 0.462. The number of pyridine rings is 1. The third-order valence-corrected chi connectivity index (χ3v) is 3.65. The molecule has 0 aromatic carbocycles. The summed E-state index contributed by atoms with van der Waals surface area (Å²) in [6.45, 7) is 7.84. The van der Waals surface area contributed by atoms with Crippen LogP contribution in [0.2, 0.25) is 0 Å². The van der Waals surface area contributed by atoms with Gasteiger partial charge in [0.05, 0.1) is 16.9 Å². The first-order valence-corrected chi connectivity index (χ1v) is 6.17. The Morgan fingerprint density at radius 2 is 1.84 bits per heavy atom. The SMILES string of the molecule is CC1(C)OB(/C=C/c2[nH]ccc(=O)c2O)OC1(C)C. The van der Waals surface area contributed by atoms with Gasteiger partial charge >= 0.3 is 7.12 Å². The van der Waals surface area contributed by atoms with Crippen LogP contribution < -0.4 is 5.43 Å². The van der Waals surface area contributed by atoms with Gasteiger partial charge in [-0.05, 0) is 33.8 Å². The lowest BCUT2D eigenvalue weighted by molar-refractivity contribution is 0.00578. The number of H-pyrrole nitrogens is 1. The monoisotopic (exact) mass is 263 g/mol. The molecule has 102 valence electrons. The van der Waals surface area contributed by atoms with Gasteiger partial charge in [-0.1, -0.05) is 5.98 Å². The topological polar surface area (TPSA) is 71.6 Å². The minimum absolute atomic E-state index is 0.310. The van der Waals surface area contributed by atoms with Crippen LogP contribution in [0.25, 0.3) is 6.08 Å². The standard InChI is InChI=1S/C13H18BNO4/c1-12(2)13(3,4)19-14(18-12)7-5-9-11(17)10(16)6-8-15-9/h5-8,17H,1-4H3,(H,15,16)/b7-5+. The lowest BCUT2D eigenvalue weighted by Gasteiger charge is -2.32. The van der Waals surface area contributed by atoms with E-state index in [4.69, 9.17) is 9.31 Å². The van der Waals surface area contributed by atoms with Crippen molar-refractivity contribution in [2.45, 2.75) is 38.9 Å². The number of aromatic nitrogens is 1. The molecular formula is C13H18BNO4. The number of hydrogen-bond acceptors (Lipinski definition) is 4. The van der Waals surface area contributed by atoms with E-state index in [-0.39, 0.29) is 5.75 Å². The largest absolute Gasteiger partial charge is 0.503 e. The smallest absolute Gasteiger partial charge is 0.487 e. The molecule has 6 heteroatoms. The number of aromatic amines is 1. The van der Waals surface area contributed by atoms with Crippen LogP contribution in [0.5, 0.6) is 5.75 Å². The lowest BCUT2D eigenvalue weighted by Crippen LogP contribution is -2.41. The Bertz CT molecular complexity index is 546.